The van der Waals surface area contributed by atoms with E-state index < -0.39 is 0 Å². The predicted octanol–water partition coefficient (Wildman–Crippen LogP) is 2.11. The summed E-state index contributed by atoms with van der Waals surface area (Å²) in [7, 11) is 1.92. The number of likely N-dealkylation sites (tertiary alicyclic amines) is 1. The van der Waals surface area contributed by atoms with Crippen molar-refractivity contribution < 1.29 is 9.53 Å². The van der Waals surface area contributed by atoms with E-state index in [1.807, 2.05) is 18.0 Å². The molecule has 1 amide bonds. The first-order valence-corrected chi connectivity index (χ1v) is 9.87. The lowest BCUT2D eigenvalue weighted by molar-refractivity contribution is -0.125. The van der Waals surface area contributed by atoms with E-state index >= 15 is 0 Å². The van der Waals surface area contributed by atoms with Crippen LogP contribution in [0.5, 0.6) is 0 Å². The molecule has 5 nitrogen and oxygen atoms in total. The van der Waals surface area contributed by atoms with Gasteiger partial charge in [0, 0.05) is 44.5 Å². The van der Waals surface area contributed by atoms with Gasteiger partial charge in [-0.3, -0.25) is 9.69 Å². The van der Waals surface area contributed by atoms with Gasteiger partial charge in [0.25, 0.3) is 0 Å². The number of fused-ring (bicyclic) bond motifs is 2. The Morgan fingerprint density at radius 2 is 1.88 bits per heavy atom. The quantitative estimate of drug-likeness (QED) is 0.830. The Bertz CT molecular complexity index is 684. The van der Waals surface area contributed by atoms with Crippen LogP contribution in [0.1, 0.15) is 32.3 Å². The van der Waals surface area contributed by atoms with Gasteiger partial charge in [0.05, 0.1) is 18.6 Å². The zero-order valence-electron chi connectivity index (χ0n) is 16.3. The maximum atomic E-state index is 13.2. The molecule has 0 aliphatic carbocycles. The van der Waals surface area contributed by atoms with E-state index in [-0.39, 0.29) is 16.9 Å². The molecule has 2 saturated heterocycles. The first-order valence-electron chi connectivity index (χ1n) is 9.87. The third-order valence-corrected chi connectivity index (χ3v) is 6.54. The highest BCUT2D eigenvalue weighted by atomic mass is 16.5. The summed E-state index contributed by atoms with van der Waals surface area (Å²) >= 11 is 0. The average Bonchev–Trinajstić information content (AvgIpc) is 2.85. The van der Waals surface area contributed by atoms with E-state index in [0.717, 1.165) is 64.5 Å². The van der Waals surface area contributed by atoms with E-state index in [2.05, 4.69) is 41.8 Å². The number of piperidine rings is 1. The lowest BCUT2D eigenvalue weighted by Crippen LogP contribution is -2.59. The minimum absolute atomic E-state index is 0.0926. The number of carbonyl (C=O) groups is 1. The molecule has 0 N–H and O–H groups in total. The number of hydrogen-bond acceptors (Lipinski definition) is 4. The molecule has 3 aliphatic heterocycles. The number of morpholine rings is 1. The summed E-state index contributed by atoms with van der Waals surface area (Å²) in [5.41, 5.74) is 2.05. The number of likely N-dealkylation sites (N-methyl/N-ethyl adjacent to an activating group) is 1. The number of hydrogen-bond donors (Lipinski definition) is 0. The zero-order valence-corrected chi connectivity index (χ0v) is 16.3. The van der Waals surface area contributed by atoms with Crippen LogP contribution in [0.3, 0.4) is 0 Å². The molecule has 0 aromatic heterocycles. The van der Waals surface area contributed by atoms with Crippen LogP contribution in [0.2, 0.25) is 0 Å². The van der Waals surface area contributed by atoms with Gasteiger partial charge in [-0.2, -0.15) is 0 Å². The standard InChI is InChI=1S/C21H31N3O2/c1-20(2,24-11-13-26-14-12-24)15-23-10-6-9-21(16-23)17-7-4-5-8-18(17)22(3)19(21)25/h4-5,7-8H,6,9-16H2,1-3H3/t21-/m1/s1. The SMILES string of the molecule is CN1C(=O)[C@@]2(CCCN(CC(C)(C)N3CCOCC3)C2)c2ccccc21. The van der Waals surface area contributed by atoms with Gasteiger partial charge < -0.3 is 14.5 Å². The van der Waals surface area contributed by atoms with Gasteiger partial charge >= 0.3 is 0 Å². The van der Waals surface area contributed by atoms with Crippen LogP contribution in [0.15, 0.2) is 24.3 Å². The van der Waals surface area contributed by atoms with Gasteiger partial charge in [-0.15, -0.1) is 0 Å². The summed E-state index contributed by atoms with van der Waals surface area (Å²) in [6, 6.07) is 8.35. The monoisotopic (exact) mass is 357 g/mol. The fourth-order valence-electron chi connectivity index (χ4n) is 5.21. The molecule has 2 fully saturated rings. The van der Waals surface area contributed by atoms with E-state index in [1.54, 1.807) is 0 Å². The lowest BCUT2D eigenvalue weighted by Gasteiger charge is -2.47. The van der Waals surface area contributed by atoms with Crippen molar-refractivity contribution >= 4 is 11.6 Å². The summed E-state index contributed by atoms with van der Waals surface area (Å²) in [6.45, 7) is 11.2. The Morgan fingerprint density at radius 1 is 1.15 bits per heavy atom. The summed E-state index contributed by atoms with van der Waals surface area (Å²) in [5, 5.41) is 0. The molecule has 0 unspecified atom stereocenters. The molecular formula is C21H31N3O2. The van der Waals surface area contributed by atoms with Crippen molar-refractivity contribution in [2.75, 3.05) is 57.9 Å². The number of carbonyl (C=O) groups excluding carboxylic acids is 1. The number of ether oxygens (including phenoxy) is 1. The molecule has 3 aliphatic rings. The minimum Gasteiger partial charge on any atom is -0.379 e. The second-order valence-corrected chi connectivity index (χ2v) is 8.69. The highest BCUT2D eigenvalue weighted by Crippen LogP contribution is 2.46. The molecule has 26 heavy (non-hydrogen) atoms. The number of benzene rings is 1. The number of para-hydroxylation sites is 1. The molecule has 1 aromatic carbocycles. The van der Waals surface area contributed by atoms with Gasteiger partial charge in [-0.1, -0.05) is 18.2 Å². The Labute approximate surface area is 156 Å². The number of rotatable bonds is 3. The summed E-state index contributed by atoms with van der Waals surface area (Å²) in [5.74, 6) is 0.271. The molecule has 4 rings (SSSR count). The first kappa shape index (κ1) is 18.0. The maximum Gasteiger partial charge on any atom is 0.238 e. The Balaban J connectivity index is 1.55. The van der Waals surface area contributed by atoms with Crippen LogP contribution in [0, 0.1) is 0 Å². The lowest BCUT2D eigenvalue weighted by atomic mass is 9.74. The van der Waals surface area contributed by atoms with Crippen LogP contribution >= 0.6 is 0 Å². The molecule has 1 aromatic rings. The van der Waals surface area contributed by atoms with E-state index in [1.165, 1.54) is 5.56 Å². The van der Waals surface area contributed by atoms with Crippen LogP contribution in [-0.2, 0) is 14.9 Å². The van der Waals surface area contributed by atoms with E-state index in [9.17, 15) is 4.79 Å². The minimum atomic E-state index is -0.356. The van der Waals surface area contributed by atoms with E-state index in [0.29, 0.717) is 0 Å². The molecule has 0 bridgehead atoms. The maximum absolute atomic E-state index is 13.2. The highest BCUT2D eigenvalue weighted by molar-refractivity contribution is 6.08. The summed E-state index contributed by atoms with van der Waals surface area (Å²) < 4.78 is 5.52. The van der Waals surface area contributed by atoms with Gasteiger partial charge in [-0.05, 0) is 44.9 Å². The molecule has 0 saturated carbocycles. The fourth-order valence-corrected chi connectivity index (χ4v) is 5.21. The van der Waals surface area contributed by atoms with Crippen LogP contribution in [0.4, 0.5) is 5.69 Å². The van der Waals surface area contributed by atoms with Crippen LogP contribution in [0.25, 0.3) is 0 Å². The number of amides is 1. The molecule has 5 heteroatoms. The van der Waals surface area contributed by atoms with Crippen molar-refractivity contribution in [2.24, 2.45) is 0 Å². The molecule has 1 atom stereocenters. The van der Waals surface area contributed by atoms with Crippen LogP contribution < -0.4 is 4.90 Å². The topological polar surface area (TPSA) is 36.0 Å². The van der Waals surface area contributed by atoms with Crippen LogP contribution in [-0.4, -0.2) is 74.2 Å². The molecule has 142 valence electrons. The highest BCUT2D eigenvalue weighted by Gasteiger charge is 2.51. The normalized spacial score (nSPS) is 28.0. The Kier molecular flexibility index (Phi) is 4.58. The third kappa shape index (κ3) is 2.86. The van der Waals surface area contributed by atoms with E-state index in [4.69, 9.17) is 4.74 Å². The molecular weight excluding hydrogens is 326 g/mol. The predicted molar refractivity (Wildman–Crippen MR) is 104 cm³/mol. The Morgan fingerprint density at radius 3 is 2.65 bits per heavy atom. The number of nitrogens with zero attached hydrogens (tertiary/aromatic N) is 3. The van der Waals surface area contributed by atoms with Gasteiger partial charge in [0.2, 0.25) is 5.91 Å². The molecule has 0 radical (unpaired) electrons. The van der Waals surface area contributed by atoms with Gasteiger partial charge in [0.15, 0.2) is 0 Å². The second kappa shape index (κ2) is 6.63. The third-order valence-electron chi connectivity index (χ3n) is 6.54. The summed E-state index contributed by atoms with van der Waals surface area (Å²) in [4.78, 5) is 20.1. The van der Waals surface area contributed by atoms with Crippen molar-refractivity contribution in [3.8, 4) is 0 Å². The van der Waals surface area contributed by atoms with Crippen molar-refractivity contribution in [3.63, 3.8) is 0 Å². The smallest absolute Gasteiger partial charge is 0.238 e. The zero-order chi connectivity index (χ0) is 18.4. The first-order chi connectivity index (χ1) is 12.4. The van der Waals surface area contributed by atoms with Crippen molar-refractivity contribution in [1.29, 1.82) is 0 Å². The van der Waals surface area contributed by atoms with Crippen molar-refractivity contribution in [2.45, 2.75) is 37.6 Å². The van der Waals surface area contributed by atoms with Gasteiger partial charge in [-0.25, -0.2) is 0 Å². The second-order valence-electron chi connectivity index (χ2n) is 8.69. The fraction of sp³-hybridized carbons (Fsp3) is 0.667. The molecule has 1 spiro atoms. The average molecular weight is 357 g/mol. The van der Waals surface area contributed by atoms with Gasteiger partial charge in [0.1, 0.15) is 0 Å². The van der Waals surface area contributed by atoms with Crippen molar-refractivity contribution in [3.05, 3.63) is 29.8 Å². The summed E-state index contributed by atoms with van der Waals surface area (Å²) in [6.07, 6.45) is 2.04. The number of anilines is 1. The Hall–Kier alpha value is -1.43. The largest absolute Gasteiger partial charge is 0.379 e. The van der Waals surface area contributed by atoms with Crippen molar-refractivity contribution in [1.82, 2.24) is 9.80 Å². The molecule has 3 heterocycles.